The molecule has 0 spiro atoms. The van der Waals surface area contributed by atoms with Crippen LogP contribution in [0.5, 0.6) is 11.5 Å². The molecule has 2 aromatic carbocycles. The average molecular weight is 367 g/mol. The van der Waals surface area contributed by atoms with Gasteiger partial charge in [0.1, 0.15) is 0 Å². The molecule has 3 rings (SSSR count). The molecule has 0 aliphatic rings. The molecule has 6 nitrogen and oxygen atoms in total. The molecule has 25 heavy (non-hydrogen) atoms. The molecule has 0 fully saturated rings. The molecule has 1 heterocycles. The first-order valence-electron chi connectivity index (χ1n) is 6.87. The van der Waals surface area contributed by atoms with E-state index >= 15 is 0 Å². The molecule has 130 valence electrons. The number of rotatable bonds is 4. The van der Waals surface area contributed by atoms with Gasteiger partial charge in [-0.15, -0.1) is 0 Å². The highest BCUT2D eigenvalue weighted by Gasteiger charge is 2.25. The zero-order valence-corrected chi connectivity index (χ0v) is 13.2. The SMILES string of the molecule is O=S(=O)(Nc1oc(-c2ccc(F)c(F)c2)c(O)c1O)c1ccccc1. The van der Waals surface area contributed by atoms with Gasteiger partial charge in [0.15, 0.2) is 17.4 Å². The van der Waals surface area contributed by atoms with Crippen molar-refractivity contribution in [2.75, 3.05) is 4.72 Å². The lowest BCUT2D eigenvalue weighted by Crippen LogP contribution is -2.12. The summed E-state index contributed by atoms with van der Waals surface area (Å²) < 4.78 is 57.9. The topological polar surface area (TPSA) is 99.8 Å². The second-order valence-corrected chi connectivity index (χ2v) is 6.69. The van der Waals surface area contributed by atoms with Crippen molar-refractivity contribution in [2.24, 2.45) is 0 Å². The summed E-state index contributed by atoms with van der Waals surface area (Å²) >= 11 is 0. The van der Waals surface area contributed by atoms with Crippen LogP contribution in [0, 0.1) is 11.6 Å². The molecule has 0 amide bonds. The Labute approximate surface area is 141 Å². The molecule has 0 saturated carbocycles. The molecule has 0 bridgehead atoms. The van der Waals surface area contributed by atoms with Crippen LogP contribution in [-0.2, 0) is 10.0 Å². The van der Waals surface area contributed by atoms with E-state index in [2.05, 4.69) is 0 Å². The third-order valence-corrected chi connectivity index (χ3v) is 4.67. The van der Waals surface area contributed by atoms with Crippen LogP contribution < -0.4 is 4.72 Å². The van der Waals surface area contributed by atoms with Crippen molar-refractivity contribution in [3.8, 4) is 22.8 Å². The largest absolute Gasteiger partial charge is 0.502 e. The van der Waals surface area contributed by atoms with Crippen LogP contribution in [0.3, 0.4) is 0 Å². The Hall–Kier alpha value is -3.07. The Morgan fingerprint density at radius 3 is 2.24 bits per heavy atom. The van der Waals surface area contributed by atoms with Gasteiger partial charge in [-0.1, -0.05) is 18.2 Å². The highest BCUT2D eigenvalue weighted by Crippen LogP contribution is 2.45. The molecule has 3 N–H and O–H groups in total. The molecule has 0 aliphatic heterocycles. The number of benzene rings is 2. The Balaban J connectivity index is 2.01. The molecule has 0 aliphatic carbocycles. The Bertz CT molecular complexity index is 1030. The monoisotopic (exact) mass is 367 g/mol. The molecule has 3 aromatic rings. The Kier molecular flexibility index (Phi) is 4.09. The second-order valence-electron chi connectivity index (χ2n) is 5.00. The predicted octanol–water partition coefficient (Wildman–Crippen LogP) is 3.44. The maximum absolute atomic E-state index is 13.3. The molecular weight excluding hydrogens is 356 g/mol. The van der Waals surface area contributed by atoms with Gasteiger partial charge in [0.25, 0.3) is 15.9 Å². The van der Waals surface area contributed by atoms with Crippen molar-refractivity contribution >= 4 is 15.9 Å². The number of aromatic hydroxyl groups is 2. The average Bonchev–Trinajstić information content (AvgIpc) is 2.86. The number of furan rings is 1. The van der Waals surface area contributed by atoms with Crippen LogP contribution in [0.25, 0.3) is 11.3 Å². The quantitative estimate of drug-likeness (QED) is 0.656. The standard InChI is InChI=1S/C16H11F2NO5S/c17-11-7-6-9(8-12(11)18)15-13(20)14(21)16(24-15)19-25(22,23)10-4-2-1-3-5-10/h1-8,19-21H. The summed E-state index contributed by atoms with van der Waals surface area (Å²) in [6, 6.07) is 9.90. The number of hydrogen-bond donors (Lipinski definition) is 3. The van der Waals surface area contributed by atoms with E-state index < -0.39 is 44.8 Å². The van der Waals surface area contributed by atoms with Gasteiger partial charge in [-0.2, -0.15) is 0 Å². The lowest BCUT2D eigenvalue weighted by molar-refractivity contribution is 0.410. The maximum Gasteiger partial charge on any atom is 0.264 e. The van der Waals surface area contributed by atoms with Crippen molar-refractivity contribution in [3.63, 3.8) is 0 Å². The number of sulfonamides is 1. The van der Waals surface area contributed by atoms with E-state index in [1.165, 1.54) is 24.3 Å². The van der Waals surface area contributed by atoms with Gasteiger partial charge in [0, 0.05) is 5.56 Å². The van der Waals surface area contributed by atoms with E-state index in [4.69, 9.17) is 4.42 Å². The van der Waals surface area contributed by atoms with E-state index in [1.807, 2.05) is 4.72 Å². The number of anilines is 1. The van der Waals surface area contributed by atoms with Gasteiger partial charge in [0.2, 0.25) is 11.5 Å². The summed E-state index contributed by atoms with van der Waals surface area (Å²) in [5.74, 6) is -5.05. The summed E-state index contributed by atoms with van der Waals surface area (Å²) in [6.07, 6.45) is 0. The van der Waals surface area contributed by atoms with Crippen LogP contribution in [-0.4, -0.2) is 18.6 Å². The van der Waals surface area contributed by atoms with E-state index in [9.17, 15) is 27.4 Å². The normalized spacial score (nSPS) is 11.4. The summed E-state index contributed by atoms with van der Waals surface area (Å²) in [5, 5.41) is 19.8. The Morgan fingerprint density at radius 2 is 1.60 bits per heavy atom. The molecule has 0 radical (unpaired) electrons. The lowest BCUT2D eigenvalue weighted by Gasteiger charge is -2.05. The van der Waals surface area contributed by atoms with Crippen molar-refractivity contribution in [1.82, 2.24) is 0 Å². The van der Waals surface area contributed by atoms with Crippen LogP contribution in [0.15, 0.2) is 57.8 Å². The lowest BCUT2D eigenvalue weighted by atomic mass is 10.1. The minimum Gasteiger partial charge on any atom is -0.502 e. The van der Waals surface area contributed by atoms with E-state index in [1.54, 1.807) is 6.07 Å². The summed E-state index contributed by atoms with van der Waals surface area (Å²) in [4.78, 5) is -0.0975. The highest BCUT2D eigenvalue weighted by atomic mass is 32.2. The summed E-state index contributed by atoms with van der Waals surface area (Å²) in [5.41, 5.74) is -0.0862. The van der Waals surface area contributed by atoms with E-state index in [0.717, 1.165) is 18.2 Å². The molecule has 9 heteroatoms. The van der Waals surface area contributed by atoms with Crippen LogP contribution in [0.4, 0.5) is 14.7 Å². The van der Waals surface area contributed by atoms with Gasteiger partial charge in [-0.25, -0.2) is 21.9 Å². The Morgan fingerprint density at radius 1 is 0.920 bits per heavy atom. The van der Waals surface area contributed by atoms with Crippen molar-refractivity contribution in [1.29, 1.82) is 0 Å². The maximum atomic E-state index is 13.3. The predicted molar refractivity (Wildman–Crippen MR) is 84.6 cm³/mol. The van der Waals surface area contributed by atoms with Crippen LogP contribution >= 0.6 is 0 Å². The first kappa shape index (κ1) is 16.8. The summed E-state index contributed by atoms with van der Waals surface area (Å²) in [7, 11) is -4.09. The summed E-state index contributed by atoms with van der Waals surface area (Å²) in [6.45, 7) is 0. The molecule has 0 saturated heterocycles. The van der Waals surface area contributed by atoms with Crippen LogP contribution in [0.2, 0.25) is 0 Å². The van der Waals surface area contributed by atoms with Crippen molar-refractivity contribution in [2.45, 2.75) is 4.90 Å². The zero-order chi connectivity index (χ0) is 18.2. The molecule has 0 unspecified atom stereocenters. The minimum atomic E-state index is -4.09. The number of halogens is 2. The molecular formula is C16H11F2NO5S. The zero-order valence-electron chi connectivity index (χ0n) is 12.4. The highest BCUT2D eigenvalue weighted by molar-refractivity contribution is 7.92. The van der Waals surface area contributed by atoms with Gasteiger partial charge in [-0.05, 0) is 30.3 Å². The van der Waals surface area contributed by atoms with E-state index in [-0.39, 0.29) is 10.5 Å². The smallest absolute Gasteiger partial charge is 0.264 e. The van der Waals surface area contributed by atoms with Gasteiger partial charge in [0.05, 0.1) is 4.90 Å². The fourth-order valence-corrected chi connectivity index (χ4v) is 3.11. The minimum absolute atomic E-state index is 0.0862. The van der Waals surface area contributed by atoms with Crippen molar-refractivity contribution in [3.05, 3.63) is 60.2 Å². The fraction of sp³-hybridized carbons (Fsp3) is 0. The van der Waals surface area contributed by atoms with Gasteiger partial charge < -0.3 is 14.6 Å². The first-order chi connectivity index (χ1) is 11.8. The number of nitrogens with one attached hydrogen (secondary N) is 1. The van der Waals surface area contributed by atoms with Crippen molar-refractivity contribution < 1.29 is 31.8 Å². The second kappa shape index (κ2) is 6.10. The van der Waals surface area contributed by atoms with Gasteiger partial charge >= 0.3 is 0 Å². The molecule has 1 aromatic heterocycles. The van der Waals surface area contributed by atoms with Crippen LogP contribution in [0.1, 0.15) is 0 Å². The number of hydrogen-bond acceptors (Lipinski definition) is 5. The fourth-order valence-electron chi connectivity index (χ4n) is 2.10. The third-order valence-electron chi connectivity index (χ3n) is 3.32. The first-order valence-corrected chi connectivity index (χ1v) is 8.36. The third kappa shape index (κ3) is 3.13. The van der Waals surface area contributed by atoms with E-state index in [0.29, 0.717) is 0 Å². The molecule has 0 atom stereocenters. The van der Waals surface area contributed by atoms with Gasteiger partial charge in [-0.3, -0.25) is 0 Å².